The molecule has 1 saturated heterocycles. The fraction of sp³-hybridized carbons (Fsp3) is 0.571. The van der Waals surface area contributed by atoms with Crippen LogP contribution >= 0.6 is 0 Å². The van der Waals surface area contributed by atoms with Gasteiger partial charge in [-0.3, -0.25) is 9.69 Å². The van der Waals surface area contributed by atoms with E-state index in [4.69, 9.17) is 9.47 Å². The standard InChI is InChI=1S/C21H28N2O5/c1-20(2,3)28-19(26)23-12-8-11-16(23)17(24)22-21(18(25)27-4)13-15(21)14-9-6-5-7-10-14/h5-7,9-10,15-16H,8,11-13H2,1-4H3,(H,22,24)/t15-,16+,21-/m1/s1. The monoisotopic (exact) mass is 388 g/mol. The molecule has 0 aromatic heterocycles. The Morgan fingerprint density at radius 2 is 1.86 bits per heavy atom. The van der Waals surface area contributed by atoms with Crippen LogP contribution in [0.25, 0.3) is 0 Å². The quantitative estimate of drug-likeness (QED) is 0.802. The van der Waals surface area contributed by atoms with Gasteiger partial charge in [-0.2, -0.15) is 0 Å². The van der Waals surface area contributed by atoms with Crippen LogP contribution in [0.1, 0.15) is 51.5 Å². The van der Waals surface area contributed by atoms with Crippen molar-refractivity contribution < 1.29 is 23.9 Å². The van der Waals surface area contributed by atoms with E-state index in [1.54, 1.807) is 20.8 Å². The number of nitrogens with one attached hydrogen (secondary N) is 1. The highest BCUT2D eigenvalue weighted by Crippen LogP contribution is 2.52. The summed E-state index contributed by atoms with van der Waals surface area (Å²) < 4.78 is 10.4. The molecule has 2 aliphatic rings. The Bertz CT molecular complexity index is 758. The predicted molar refractivity (Wildman–Crippen MR) is 103 cm³/mol. The first-order valence-corrected chi connectivity index (χ1v) is 9.63. The molecule has 1 N–H and O–H groups in total. The summed E-state index contributed by atoms with van der Waals surface area (Å²) >= 11 is 0. The second-order valence-electron chi connectivity index (χ2n) is 8.45. The molecule has 0 radical (unpaired) electrons. The van der Waals surface area contributed by atoms with Gasteiger partial charge in [-0.05, 0) is 45.6 Å². The van der Waals surface area contributed by atoms with E-state index in [1.807, 2.05) is 30.3 Å². The zero-order valence-corrected chi connectivity index (χ0v) is 16.9. The van der Waals surface area contributed by atoms with Crippen LogP contribution in [0.4, 0.5) is 4.79 Å². The van der Waals surface area contributed by atoms with Gasteiger partial charge in [-0.25, -0.2) is 9.59 Å². The number of esters is 1. The third-order valence-electron chi connectivity index (χ3n) is 5.24. The Hall–Kier alpha value is -2.57. The molecule has 3 atom stereocenters. The van der Waals surface area contributed by atoms with E-state index < -0.39 is 29.2 Å². The second kappa shape index (κ2) is 7.45. The number of methoxy groups -OCH3 is 1. The van der Waals surface area contributed by atoms with E-state index in [2.05, 4.69) is 5.32 Å². The normalized spacial score (nSPS) is 26.5. The van der Waals surface area contributed by atoms with Crippen LogP contribution in [0.3, 0.4) is 0 Å². The number of likely N-dealkylation sites (tertiary alicyclic amines) is 1. The van der Waals surface area contributed by atoms with Crippen LogP contribution in [0.2, 0.25) is 0 Å². The van der Waals surface area contributed by atoms with Crippen LogP contribution in [-0.2, 0) is 19.1 Å². The lowest BCUT2D eigenvalue weighted by atomic mass is 10.1. The number of rotatable bonds is 4. The molecule has 152 valence electrons. The van der Waals surface area contributed by atoms with E-state index in [0.29, 0.717) is 25.8 Å². The van der Waals surface area contributed by atoms with E-state index in [0.717, 1.165) is 5.56 Å². The maximum atomic E-state index is 13.0. The maximum Gasteiger partial charge on any atom is 0.410 e. The summed E-state index contributed by atoms with van der Waals surface area (Å²) in [6.07, 6.45) is 1.23. The number of amides is 2. The molecule has 1 aromatic carbocycles. The molecular weight excluding hydrogens is 360 g/mol. The Balaban J connectivity index is 1.74. The van der Waals surface area contributed by atoms with Gasteiger partial charge in [-0.15, -0.1) is 0 Å². The van der Waals surface area contributed by atoms with Crippen molar-refractivity contribution in [3.05, 3.63) is 35.9 Å². The fourth-order valence-electron chi connectivity index (χ4n) is 3.83. The predicted octanol–water partition coefficient (Wildman–Crippen LogP) is 2.60. The molecule has 2 fully saturated rings. The van der Waals surface area contributed by atoms with Gasteiger partial charge in [0.1, 0.15) is 17.2 Å². The zero-order chi connectivity index (χ0) is 20.5. The van der Waals surface area contributed by atoms with Gasteiger partial charge in [0.15, 0.2) is 0 Å². The lowest BCUT2D eigenvalue weighted by molar-refractivity contribution is -0.147. The third kappa shape index (κ3) is 3.98. The minimum atomic E-state index is -1.07. The number of carbonyl (C=O) groups is 3. The van der Waals surface area contributed by atoms with Gasteiger partial charge in [0.2, 0.25) is 5.91 Å². The molecule has 1 aliphatic carbocycles. The Morgan fingerprint density at radius 1 is 1.18 bits per heavy atom. The molecule has 1 aliphatic heterocycles. The first kappa shape index (κ1) is 20.2. The van der Waals surface area contributed by atoms with Crippen LogP contribution in [0, 0.1) is 0 Å². The average Bonchev–Trinajstić information content (AvgIpc) is 3.14. The molecule has 1 aromatic rings. The summed E-state index contributed by atoms with van der Waals surface area (Å²) in [5.41, 5.74) is -0.735. The Labute approximate surface area is 165 Å². The van der Waals surface area contributed by atoms with Crippen molar-refractivity contribution in [3.8, 4) is 0 Å². The topological polar surface area (TPSA) is 84.9 Å². The largest absolute Gasteiger partial charge is 0.467 e. The molecular formula is C21H28N2O5. The molecule has 3 rings (SSSR count). The van der Waals surface area contributed by atoms with Gasteiger partial charge in [0.25, 0.3) is 0 Å². The molecule has 1 saturated carbocycles. The summed E-state index contributed by atoms with van der Waals surface area (Å²) in [6.45, 7) is 5.82. The highest BCUT2D eigenvalue weighted by atomic mass is 16.6. The van der Waals surface area contributed by atoms with Gasteiger partial charge in [-0.1, -0.05) is 30.3 Å². The van der Waals surface area contributed by atoms with Crippen molar-refractivity contribution >= 4 is 18.0 Å². The minimum Gasteiger partial charge on any atom is -0.467 e. The molecule has 0 spiro atoms. The van der Waals surface area contributed by atoms with Crippen molar-refractivity contribution in [1.82, 2.24) is 10.2 Å². The van der Waals surface area contributed by atoms with Gasteiger partial charge < -0.3 is 14.8 Å². The number of hydrogen-bond acceptors (Lipinski definition) is 5. The number of hydrogen-bond donors (Lipinski definition) is 1. The first-order valence-electron chi connectivity index (χ1n) is 9.63. The third-order valence-corrected chi connectivity index (χ3v) is 5.24. The summed E-state index contributed by atoms with van der Waals surface area (Å²) in [7, 11) is 1.32. The van der Waals surface area contributed by atoms with E-state index >= 15 is 0 Å². The molecule has 28 heavy (non-hydrogen) atoms. The smallest absolute Gasteiger partial charge is 0.410 e. The van der Waals surface area contributed by atoms with Crippen LogP contribution in [0.15, 0.2) is 30.3 Å². The highest BCUT2D eigenvalue weighted by molar-refractivity contribution is 5.95. The molecule has 0 bridgehead atoms. The van der Waals surface area contributed by atoms with Crippen molar-refractivity contribution in [2.24, 2.45) is 0 Å². The Morgan fingerprint density at radius 3 is 2.46 bits per heavy atom. The highest BCUT2D eigenvalue weighted by Gasteiger charge is 2.63. The number of carbonyl (C=O) groups excluding carboxylic acids is 3. The summed E-state index contributed by atoms with van der Waals surface area (Å²) in [5, 5.41) is 2.89. The molecule has 0 unspecified atom stereocenters. The summed E-state index contributed by atoms with van der Waals surface area (Å²) in [6, 6.07) is 8.93. The van der Waals surface area contributed by atoms with Crippen molar-refractivity contribution in [2.75, 3.05) is 13.7 Å². The number of ether oxygens (including phenoxy) is 2. The van der Waals surface area contributed by atoms with Gasteiger partial charge in [0.05, 0.1) is 7.11 Å². The van der Waals surface area contributed by atoms with Crippen molar-refractivity contribution in [3.63, 3.8) is 0 Å². The number of nitrogens with zero attached hydrogens (tertiary/aromatic N) is 1. The van der Waals surface area contributed by atoms with Gasteiger partial charge in [0, 0.05) is 12.5 Å². The van der Waals surface area contributed by atoms with E-state index in [1.165, 1.54) is 12.0 Å². The molecule has 7 heteroatoms. The van der Waals surface area contributed by atoms with Crippen molar-refractivity contribution in [2.45, 2.75) is 63.1 Å². The minimum absolute atomic E-state index is 0.138. The lowest BCUT2D eigenvalue weighted by Gasteiger charge is -2.29. The number of benzene rings is 1. The van der Waals surface area contributed by atoms with E-state index in [-0.39, 0.29) is 11.8 Å². The van der Waals surface area contributed by atoms with E-state index in [9.17, 15) is 14.4 Å². The fourth-order valence-corrected chi connectivity index (χ4v) is 3.83. The van der Waals surface area contributed by atoms with Crippen LogP contribution in [0.5, 0.6) is 0 Å². The molecule has 1 heterocycles. The second-order valence-corrected chi connectivity index (χ2v) is 8.45. The lowest BCUT2D eigenvalue weighted by Crippen LogP contribution is -2.53. The van der Waals surface area contributed by atoms with Gasteiger partial charge >= 0.3 is 12.1 Å². The molecule has 2 amide bonds. The van der Waals surface area contributed by atoms with Crippen molar-refractivity contribution in [1.29, 1.82) is 0 Å². The van der Waals surface area contributed by atoms with Crippen LogP contribution in [-0.4, -0.2) is 53.7 Å². The summed E-state index contributed by atoms with van der Waals surface area (Å²) in [4.78, 5) is 39.4. The first-order chi connectivity index (χ1) is 13.2. The Kier molecular flexibility index (Phi) is 5.37. The molecule has 7 nitrogen and oxygen atoms in total. The average molecular weight is 388 g/mol. The van der Waals surface area contributed by atoms with Crippen LogP contribution < -0.4 is 5.32 Å². The SMILES string of the molecule is COC(=O)[C@@]1(NC(=O)[C@@H]2CCCN2C(=O)OC(C)(C)C)C[C@@H]1c1ccccc1. The summed E-state index contributed by atoms with van der Waals surface area (Å²) in [5.74, 6) is -0.940. The zero-order valence-electron chi connectivity index (χ0n) is 16.9. The maximum absolute atomic E-state index is 13.0.